The summed E-state index contributed by atoms with van der Waals surface area (Å²) in [6.45, 7) is 1.24. The third kappa shape index (κ3) is 3.77. The highest BCUT2D eigenvalue weighted by Gasteiger charge is 2.24. The maximum atomic E-state index is 12.6. The molecule has 126 valence electrons. The molecule has 0 saturated carbocycles. The number of carbonyl (C=O) groups is 1. The third-order valence-electron chi connectivity index (χ3n) is 4.43. The Balaban J connectivity index is 1.64. The molecule has 1 heterocycles. The summed E-state index contributed by atoms with van der Waals surface area (Å²) in [5, 5.41) is 0. The van der Waals surface area contributed by atoms with Crippen molar-refractivity contribution in [2.45, 2.75) is 25.5 Å². The number of hydrogen-bond acceptors (Lipinski definition) is 3. The molecule has 0 aliphatic carbocycles. The Kier molecular flexibility index (Phi) is 5.16. The third-order valence-corrected chi connectivity index (χ3v) is 4.43. The van der Waals surface area contributed by atoms with Gasteiger partial charge in [0.25, 0.3) is 0 Å². The predicted molar refractivity (Wildman–Crippen MR) is 92.9 cm³/mol. The molecule has 0 saturated heterocycles. The number of nitrogens with zero attached hydrogens (tertiary/aromatic N) is 1. The van der Waals surface area contributed by atoms with Crippen LogP contribution >= 0.6 is 0 Å². The first-order valence-electron chi connectivity index (χ1n) is 8.23. The highest BCUT2D eigenvalue weighted by atomic mass is 16.5. The van der Waals surface area contributed by atoms with Gasteiger partial charge >= 0.3 is 0 Å². The molecule has 0 unspecified atom stereocenters. The largest absolute Gasteiger partial charge is 0.497 e. The molecular formula is C20H23NO3. The monoisotopic (exact) mass is 325 g/mol. The summed E-state index contributed by atoms with van der Waals surface area (Å²) in [7, 11) is 3.47. The minimum atomic E-state index is -0.143. The van der Waals surface area contributed by atoms with Crippen molar-refractivity contribution < 1.29 is 14.3 Å². The minimum absolute atomic E-state index is 0.0829. The van der Waals surface area contributed by atoms with Gasteiger partial charge in [0.2, 0.25) is 5.91 Å². The Bertz CT molecular complexity index is 714. The fraction of sp³-hybridized carbons (Fsp3) is 0.350. The smallest absolute Gasteiger partial charge is 0.225 e. The Hall–Kier alpha value is -2.33. The van der Waals surface area contributed by atoms with Gasteiger partial charge in [0.05, 0.1) is 26.2 Å². The SMILES string of the molecule is COc1cccc(CN(C)C(=O)C[C@@H]2OCCc3ccccc32)c1. The summed E-state index contributed by atoms with van der Waals surface area (Å²) in [6.07, 6.45) is 1.15. The first kappa shape index (κ1) is 16.5. The minimum Gasteiger partial charge on any atom is -0.497 e. The molecule has 0 spiro atoms. The van der Waals surface area contributed by atoms with Crippen LogP contribution in [0.25, 0.3) is 0 Å². The average Bonchev–Trinajstić information content (AvgIpc) is 2.62. The zero-order valence-electron chi connectivity index (χ0n) is 14.2. The molecule has 1 atom stereocenters. The molecule has 0 radical (unpaired) electrons. The van der Waals surface area contributed by atoms with Gasteiger partial charge in [0.1, 0.15) is 5.75 Å². The number of amides is 1. The lowest BCUT2D eigenvalue weighted by Crippen LogP contribution is -2.29. The van der Waals surface area contributed by atoms with Gasteiger partial charge < -0.3 is 14.4 Å². The Morgan fingerprint density at radius 1 is 1.25 bits per heavy atom. The van der Waals surface area contributed by atoms with Crippen molar-refractivity contribution in [3.05, 3.63) is 65.2 Å². The number of rotatable bonds is 5. The van der Waals surface area contributed by atoms with Gasteiger partial charge in [-0.2, -0.15) is 0 Å². The number of ether oxygens (including phenoxy) is 2. The van der Waals surface area contributed by atoms with Crippen molar-refractivity contribution in [3.63, 3.8) is 0 Å². The highest BCUT2D eigenvalue weighted by Crippen LogP contribution is 2.30. The Labute approximate surface area is 143 Å². The fourth-order valence-electron chi connectivity index (χ4n) is 3.09. The second-order valence-corrected chi connectivity index (χ2v) is 6.11. The molecule has 1 aliphatic heterocycles. The summed E-state index contributed by atoms with van der Waals surface area (Å²) in [5.41, 5.74) is 3.49. The van der Waals surface area contributed by atoms with Gasteiger partial charge in [-0.05, 0) is 35.2 Å². The van der Waals surface area contributed by atoms with Crippen molar-refractivity contribution in [2.24, 2.45) is 0 Å². The molecule has 3 rings (SSSR count). The van der Waals surface area contributed by atoms with E-state index in [1.807, 2.05) is 43.4 Å². The van der Waals surface area contributed by atoms with E-state index in [-0.39, 0.29) is 12.0 Å². The van der Waals surface area contributed by atoms with E-state index < -0.39 is 0 Å². The van der Waals surface area contributed by atoms with Gasteiger partial charge in [-0.15, -0.1) is 0 Å². The lowest BCUT2D eigenvalue weighted by atomic mass is 9.95. The van der Waals surface area contributed by atoms with E-state index in [2.05, 4.69) is 12.1 Å². The second-order valence-electron chi connectivity index (χ2n) is 6.11. The van der Waals surface area contributed by atoms with Crippen molar-refractivity contribution in [2.75, 3.05) is 20.8 Å². The fourth-order valence-corrected chi connectivity index (χ4v) is 3.09. The first-order chi connectivity index (χ1) is 11.7. The van der Waals surface area contributed by atoms with E-state index in [1.165, 1.54) is 5.56 Å². The number of carbonyl (C=O) groups excluding carboxylic acids is 1. The van der Waals surface area contributed by atoms with E-state index >= 15 is 0 Å². The van der Waals surface area contributed by atoms with Gasteiger partial charge in [-0.1, -0.05) is 36.4 Å². The second kappa shape index (κ2) is 7.49. The van der Waals surface area contributed by atoms with Crippen molar-refractivity contribution in [1.29, 1.82) is 0 Å². The molecule has 0 fully saturated rings. The molecule has 2 aromatic rings. The Morgan fingerprint density at radius 3 is 2.92 bits per heavy atom. The van der Waals surface area contributed by atoms with Crippen LogP contribution in [0.15, 0.2) is 48.5 Å². The van der Waals surface area contributed by atoms with Crippen LogP contribution in [0.3, 0.4) is 0 Å². The number of fused-ring (bicyclic) bond motifs is 1. The molecule has 0 N–H and O–H groups in total. The zero-order valence-corrected chi connectivity index (χ0v) is 14.2. The lowest BCUT2D eigenvalue weighted by molar-refractivity contribution is -0.133. The van der Waals surface area contributed by atoms with Crippen LogP contribution in [-0.4, -0.2) is 31.6 Å². The van der Waals surface area contributed by atoms with Crippen LogP contribution in [0.2, 0.25) is 0 Å². The van der Waals surface area contributed by atoms with Crippen molar-refractivity contribution in [1.82, 2.24) is 4.90 Å². The lowest BCUT2D eigenvalue weighted by Gasteiger charge is -2.27. The van der Waals surface area contributed by atoms with Crippen molar-refractivity contribution >= 4 is 5.91 Å². The van der Waals surface area contributed by atoms with Crippen molar-refractivity contribution in [3.8, 4) is 5.75 Å². The molecule has 0 aromatic heterocycles. The van der Waals surface area contributed by atoms with E-state index in [0.717, 1.165) is 23.3 Å². The highest BCUT2D eigenvalue weighted by molar-refractivity contribution is 5.76. The normalized spacial score (nSPS) is 16.3. The summed E-state index contributed by atoms with van der Waals surface area (Å²) < 4.78 is 11.1. The quantitative estimate of drug-likeness (QED) is 0.846. The Morgan fingerprint density at radius 2 is 2.08 bits per heavy atom. The molecular weight excluding hydrogens is 302 g/mol. The van der Waals surface area contributed by atoms with Crippen LogP contribution in [0.1, 0.15) is 29.2 Å². The van der Waals surface area contributed by atoms with E-state index in [4.69, 9.17) is 9.47 Å². The average molecular weight is 325 g/mol. The molecule has 4 heteroatoms. The van der Waals surface area contributed by atoms with E-state index in [0.29, 0.717) is 19.6 Å². The molecule has 24 heavy (non-hydrogen) atoms. The number of hydrogen-bond donors (Lipinski definition) is 0. The van der Waals surface area contributed by atoms with Gasteiger partial charge in [0, 0.05) is 13.6 Å². The maximum Gasteiger partial charge on any atom is 0.225 e. The summed E-state index contributed by atoms with van der Waals surface area (Å²) in [5.74, 6) is 0.886. The predicted octanol–water partition coefficient (Wildman–Crippen LogP) is 3.36. The van der Waals surface area contributed by atoms with E-state index in [9.17, 15) is 4.79 Å². The van der Waals surface area contributed by atoms with Crippen LogP contribution in [0.5, 0.6) is 5.75 Å². The van der Waals surface area contributed by atoms with Gasteiger partial charge in [-0.25, -0.2) is 0 Å². The van der Waals surface area contributed by atoms with E-state index in [1.54, 1.807) is 12.0 Å². The molecule has 1 amide bonds. The topological polar surface area (TPSA) is 38.8 Å². The van der Waals surface area contributed by atoms with Crippen LogP contribution < -0.4 is 4.74 Å². The standard InChI is InChI=1S/C20H23NO3/c1-21(14-15-6-5-8-17(12-15)23-2)20(22)13-19-18-9-4-3-7-16(18)10-11-24-19/h3-9,12,19H,10-11,13-14H2,1-2H3/t19-/m0/s1. The van der Waals surface area contributed by atoms with Crippen LogP contribution in [0.4, 0.5) is 0 Å². The molecule has 2 aromatic carbocycles. The molecule has 4 nitrogen and oxygen atoms in total. The number of benzene rings is 2. The summed E-state index contributed by atoms with van der Waals surface area (Å²) in [6, 6.07) is 16.0. The maximum absolute atomic E-state index is 12.6. The summed E-state index contributed by atoms with van der Waals surface area (Å²) >= 11 is 0. The zero-order chi connectivity index (χ0) is 16.9. The van der Waals surface area contributed by atoms with Crippen LogP contribution in [0, 0.1) is 0 Å². The molecule has 0 bridgehead atoms. The first-order valence-corrected chi connectivity index (χ1v) is 8.23. The van der Waals surface area contributed by atoms with Gasteiger partial charge in [-0.3, -0.25) is 4.79 Å². The van der Waals surface area contributed by atoms with Gasteiger partial charge in [0.15, 0.2) is 0 Å². The summed E-state index contributed by atoms with van der Waals surface area (Å²) in [4.78, 5) is 14.3. The van der Waals surface area contributed by atoms with Crippen LogP contribution in [-0.2, 0) is 22.5 Å². The molecule has 1 aliphatic rings. The number of methoxy groups -OCH3 is 1.